The summed E-state index contributed by atoms with van der Waals surface area (Å²) < 4.78 is 12.1. The van der Waals surface area contributed by atoms with Gasteiger partial charge in [-0.05, 0) is 82.5 Å². The molecule has 0 bridgehead atoms. The monoisotopic (exact) mass is 659 g/mol. The first kappa shape index (κ1) is 35.7. The van der Waals surface area contributed by atoms with E-state index in [0.717, 1.165) is 39.9 Å². The summed E-state index contributed by atoms with van der Waals surface area (Å²) in [6.45, 7) is 5.59. The second-order valence-electron chi connectivity index (χ2n) is 12.0. The highest BCUT2D eigenvalue weighted by molar-refractivity contribution is 6.04. The highest BCUT2D eigenvalue weighted by Crippen LogP contribution is 2.45. The van der Waals surface area contributed by atoms with Crippen molar-refractivity contribution in [3.8, 4) is 28.2 Å². The number of fused-ring (bicyclic) bond motifs is 2. The summed E-state index contributed by atoms with van der Waals surface area (Å²) in [4.78, 5) is 38.5. The number of carbonyl (C=O) groups excluding carboxylic acids is 1. The quantitative estimate of drug-likeness (QED) is 0.0591. The van der Waals surface area contributed by atoms with Crippen LogP contribution in [0.4, 0.5) is 11.4 Å². The normalized spacial score (nSPS) is 11.9. The minimum atomic E-state index is -1.08. The Labute approximate surface area is 279 Å². The number of nitrogens with zero attached hydrogens (tertiary/aromatic N) is 2. The molecule has 0 fully saturated rings. The maximum absolute atomic E-state index is 12.6. The van der Waals surface area contributed by atoms with Gasteiger partial charge < -0.3 is 40.7 Å². The molecular weight excluding hydrogens is 614 g/mol. The number of hydrogen-bond acceptors (Lipinski definition) is 9. The zero-order chi connectivity index (χ0) is 35.0. The zero-order valence-electron chi connectivity index (χ0n) is 28.0. The van der Waals surface area contributed by atoms with Gasteiger partial charge in [-0.3, -0.25) is 19.3 Å². The number of nitrogens with one attached hydrogen (secondary N) is 2. The molecule has 6 N–H and O–H groups in total. The molecule has 12 nitrogen and oxygen atoms in total. The van der Waals surface area contributed by atoms with Gasteiger partial charge >= 0.3 is 11.9 Å². The largest absolute Gasteiger partial charge is 0.496 e. The number of rotatable bonds is 17. The first-order valence-corrected chi connectivity index (χ1v) is 16.1. The molecule has 1 heterocycles. The van der Waals surface area contributed by atoms with Gasteiger partial charge in [0, 0.05) is 77.7 Å². The van der Waals surface area contributed by atoms with E-state index >= 15 is 0 Å². The number of ether oxygens (including phenoxy) is 1. The fraction of sp³-hybridized carbons (Fsp3) is 0.389. The van der Waals surface area contributed by atoms with Crippen LogP contribution in [0.1, 0.15) is 44.6 Å². The van der Waals surface area contributed by atoms with E-state index in [2.05, 4.69) is 30.1 Å². The number of hydrogen-bond donors (Lipinski definition) is 5. The van der Waals surface area contributed by atoms with Crippen molar-refractivity contribution in [2.24, 2.45) is 0 Å². The number of aliphatic carboxylic acids is 2. The number of methoxy groups -OCH3 is 1. The molecule has 1 aliphatic heterocycles. The fourth-order valence-corrected chi connectivity index (χ4v) is 6.09. The molecule has 2 aromatic rings. The van der Waals surface area contributed by atoms with Crippen LogP contribution in [0, 0.1) is 12.3 Å². The van der Waals surface area contributed by atoms with E-state index in [1.807, 2.05) is 24.3 Å². The molecule has 1 aliphatic carbocycles. The molecule has 12 heteroatoms. The van der Waals surface area contributed by atoms with Gasteiger partial charge in [0.25, 0.3) is 0 Å². The third-order valence-corrected chi connectivity index (χ3v) is 8.52. The lowest BCUT2D eigenvalue weighted by Crippen LogP contribution is -2.41. The Bertz CT molecular complexity index is 1800. The number of unbranched alkanes of at least 4 members (excludes halogenated alkanes) is 1. The summed E-state index contributed by atoms with van der Waals surface area (Å²) in [6, 6.07) is 14.2. The second kappa shape index (κ2) is 16.1. The predicted octanol–water partition coefficient (Wildman–Crippen LogP) is 4.95. The molecule has 2 aromatic carbocycles. The number of anilines is 2. The summed E-state index contributed by atoms with van der Waals surface area (Å²) in [7, 11) is 3.13. The fourth-order valence-electron chi connectivity index (χ4n) is 6.09. The number of likely N-dealkylation sites (N-methyl/N-ethyl adjacent to an activating group) is 1. The number of carboxylic acid groups (broad SMARTS) is 2. The van der Waals surface area contributed by atoms with E-state index in [1.54, 1.807) is 25.3 Å². The second-order valence-corrected chi connectivity index (χ2v) is 12.0. The maximum atomic E-state index is 12.6. The van der Waals surface area contributed by atoms with Crippen LogP contribution < -0.4 is 26.0 Å². The lowest BCUT2D eigenvalue weighted by atomic mass is 9.91. The standard InChI is InChI=1S/C36H45N5O7/c1-5-41(16-8-10-33(42)39-15-7-6-9-28(36(45)46)40(3)21-34(43)44)29-20-30(47-4)27(17-22(29)2)35-25-13-11-23(37)18-31(25)48-32-19-24(38)12-14-26(32)35/h11-14,17-20,28,37H,5-10,15-16,21,38H2,1-4H3,(H,39,42)(H,43,44)(H,45,46). The summed E-state index contributed by atoms with van der Waals surface area (Å²) in [5.41, 5.74) is 12.0. The van der Waals surface area contributed by atoms with Crippen LogP contribution in [-0.4, -0.2) is 79.3 Å². The number of amides is 1. The van der Waals surface area contributed by atoms with Gasteiger partial charge in [-0.2, -0.15) is 0 Å². The number of benzene rings is 3. The molecule has 2 aliphatic rings. The Kier molecular flexibility index (Phi) is 12.0. The molecule has 4 rings (SSSR count). The van der Waals surface area contributed by atoms with E-state index in [0.29, 0.717) is 73.3 Å². The van der Waals surface area contributed by atoms with Crippen LogP contribution in [-0.2, 0) is 14.4 Å². The molecule has 0 radical (unpaired) electrons. The highest BCUT2D eigenvalue weighted by atomic mass is 16.5. The van der Waals surface area contributed by atoms with E-state index in [-0.39, 0.29) is 12.5 Å². The third kappa shape index (κ3) is 8.62. The molecule has 0 spiro atoms. The van der Waals surface area contributed by atoms with Crippen molar-refractivity contribution in [3.05, 3.63) is 59.5 Å². The molecule has 0 saturated heterocycles. The van der Waals surface area contributed by atoms with Crippen LogP contribution in [0.5, 0.6) is 5.75 Å². The van der Waals surface area contributed by atoms with Crippen molar-refractivity contribution in [3.63, 3.8) is 0 Å². The zero-order valence-corrected chi connectivity index (χ0v) is 28.0. The molecular formula is C36H45N5O7. The average molecular weight is 660 g/mol. The van der Waals surface area contributed by atoms with Crippen molar-refractivity contribution in [2.75, 3.05) is 51.0 Å². The minimum absolute atomic E-state index is 0.0711. The van der Waals surface area contributed by atoms with Crippen molar-refractivity contribution in [1.82, 2.24) is 10.2 Å². The van der Waals surface area contributed by atoms with Crippen molar-refractivity contribution < 1.29 is 33.8 Å². The van der Waals surface area contributed by atoms with Gasteiger partial charge in [0.1, 0.15) is 23.1 Å². The Balaban J connectivity index is 1.41. The van der Waals surface area contributed by atoms with Crippen LogP contribution in [0.2, 0.25) is 0 Å². The van der Waals surface area contributed by atoms with E-state index in [4.69, 9.17) is 25.4 Å². The number of nitrogen functional groups attached to an aromatic ring is 1. The predicted molar refractivity (Wildman–Crippen MR) is 185 cm³/mol. The number of aryl methyl sites for hydroxylation is 1. The van der Waals surface area contributed by atoms with Crippen LogP contribution in [0.25, 0.3) is 33.4 Å². The van der Waals surface area contributed by atoms with Gasteiger partial charge in [0.15, 0.2) is 0 Å². The van der Waals surface area contributed by atoms with Gasteiger partial charge in [-0.25, -0.2) is 0 Å². The van der Waals surface area contributed by atoms with Crippen molar-refractivity contribution >= 4 is 40.2 Å². The summed E-state index contributed by atoms with van der Waals surface area (Å²) in [6.07, 6.45) is 2.42. The van der Waals surface area contributed by atoms with E-state index in [1.165, 1.54) is 11.9 Å². The molecule has 1 atom stereocenters. The van der Waals surface area contributed by atoms with E-state index in [9.17, 15) is 19.5 Å². The van der Waals surface area contributed by atoms with E-state index < -0.39 is 18.0 Å². The summed E-state index contributed by atoms with van der Waals surface area (Å²) >= 11 is 0. The average Bonchev–Trinajstić information content (AvgIpc) is 3.03. The molecule has 0 aromatic heterocycles. The number of carbonyl (C=O) groups is 3. The van der Waals surface area contributed by atoms with Gasteiger partial charge in [-0.15, -0.1) is 0 Å². The minimum Gasteiger partial charge on any atom is -0.496 e. The molecule has 48 heavy (non-hydrogen) atoms. The van der Waals surface area contributed by atoms with Crippen molar-refractivity contribution in [2.45, 2.75) is 52.0 Å². The summed E-state index contributed by atoms with van der Waals surface area (Å²) in [5, 5.41) is 30.6. The Morgan fingerprint density at radius 3 is 2.50 bits per heavy atom. The molecule has 1 unspecified atom stereocenters. The van der Waals surface area contributed by atoms with Gasteiger partial charge in [-0.1, -0.05) is 0 Å². The lowest BCUT2D eigenvalue weighted by Gasteiger charge is -2.27. The third-order valence-electron chi connectivity index (χ3n) is 8.52. The topological polar surface area (TPSA) is 182 Å². The molecule has 1 amide bonds. The maximum Gasteiger partial charge on any atom is 0.320 e. The Morgan fingerprint density at radius 1 is 1.04 bits per heavy atom. The lowest BCUT2D eigenvalue weighted by molar-refractivity contribution is -0.145. The summed E-state index contributed by atoms with van der Waals surface area (Å²) in [5.74, 6) is -0.936. The smallest absolute Gasteiger partial charge is 0.320 e. The molecule has 256 valence electrons. The molecule has 0 saturated carbocycles. The van der Waals surface area contributed by atoms with Crippen LogP contribution in [0.3, 0.4) is 0 Å². The first-order valence-electron chi connectivity index (χ1n) is 16.1. The number of carboxylic acids is 2. The van der Waals surface area contributed by atoms with Crippen LogP contribution in [0.15, 0.2) is 52.9 Å². The number of nitrogens with two attached hydrogens (primary N) is 1. The Hall–Kier alpha value is -5.10. The SMILES string of the molecule is CCN(CCCC(=O)NCCCCC(C(=O)O)N(C)CC(=O)O)c1cc(OC)c(-c2c3ccc(=N)cc-3oc3cc(N)ccc23)cc1C. The van der Waals surface area contributed by atoms with Crippen LogP contribution >= 0.6 is 0 Å². The van der Waals surface area contributed by atoms with Gasteiger partial charge in [0.2, 0.25) is 5.91 Å². The first-order chi connectivity index (χ1) is 22.9. The Morgan fingerprint density at radius 2 is 1.81 bits per heavy atom. The van der Waals surface area contributed by atoms with Gasteiger partial charge in [0.05, 0.1) is 19.0 Å². The van der Waals surface area contributed by atoms with Crippen molar-refractivity contribution in [1.29, 1.82) is 5.41 Å². The highest BCUT2D eigenvalue weighted by Gasteiger charge is 2.24.